The van der Waals surface area contributed by atoms with Gasteiger partial charge in [-0.2, -0.15) is 0 Å². The molecule has 2 rings (SSSR count). The maximum absolute atomic E-state index is 10.5. The minimum atomic E-state index is -1.17. The third-order valence-electron chi connectivity index (χ3n) is 1.49. The number of nitrogens with zero attached hydrogens (tertiary/aromatic N) is 5. The van der Waals surface area contributed by atoms with Gasteiger partial charge in [0, 0.05) is 0 Å². The van der Waals surface area contributed by atoms with Crippen LogP contribution in [-0.2, 0) is 0 Å². The van der Waals surface area contributed by atoms with Crippen LogP contribution in [0.15, 0.2) is 25.0 Å². The van der Waals surface area contributed by atoms with E-state index in [1.165, 1.54) is 29.7 Å². The second-order valence-electron chi connectivity index (χ2n) is 2.41. The highest BCUT2D eigenvalue weighted by Gasteiger charge is 2.09. The summed E-state index contributed by atoms with van der Waals surface area (Å²) in [6, 6.07) is 0. The van der Waals surface area contributed by atoms with Crippen LogP contribution >= 0.6 is 0 Å². The first-order chi connectivity index (χ1) is 6.77. The Labute approximate surface area is 78.1 Å². The van der Waals surface area contributed by atoms with Gasteiger partial charge in [-0.15, -0.1) is 5.10 Å². The van der Waals surface area contributed by atoms with E-state index in [1.54, 1.807) is 0 Å². The van der Waals surface area contributed by atoms with Crippen LogP contribution in [-0.4, -0.2) is 35.8 Å². The number of aromatic carboxylic acids is 1. The van der Waals surface area contributed by atoms with E-state index in [-0.39, 0.29) is 5.82 Å². The van der Waals surface area contributed by atoms with E-state index in [1.807, 2.05) is 0 Å². The summed E-state index contributed by atoms with van der Waals surface area (Å²) in [6.07, 6.45) is 5.68. The summed E-state index contributed by atoms with van der Waals surface area (Å²) >= 11 is 0. The van der Waals surface area contributed by atoms with Gasteiger partial charge in [0.05, 0.1) is 12.4 Å². The number of hydrogen-bond donors (Lipinski definition) is 1. The van der Waals surface area contributed by atoms with E-state index in [0.717, 1.165) is 0 Å². The van der Waals surface area contributed by atoms with Crippen molar-refractivity contribution in [2.75, 3.05) is 0 Å². The Hall–Kier alpha value is -2.31. The van der Waals surface area contributed by atoms with Crippen LogP contribution < -0.4 is 0 Å². The van der Waals surface area contributed by atoms with Gasteiger partial charge in [-0.3, -0.25) is 0 Å². The van der Waals surface area contributed by atoms with Gasteiger partial charge in [0.2, 0.25) is 0 Å². The first-order valence-corrected chi connectivity index (χ1v) is 3.68. The first-order valence-electron chi connectivity index (χ1n) is 3.68. The molecule has 0 aliphatic rings. The minimum Gasteiger partial charge on any atom is -0.475 e. The topological polar surface area (TPSA) is 93.8 Å². The zero-order valence-corrected chi connectivity index (χ0v) is 6.90. The number of rotatable bonds is 2. The molecule has 0 amide bonds. The summed E-state index contributed by atoms with van der Waals surface area (Å²) < 4.78 is 1.30. The lowest BCUT2D eigenvalue weighted by Gasteiger charge is -1.95. The maximum atomic E-state index is 10.5. The summed E-state index contributed by atoms with van der Waals surface area (Å²) in [4.78, 5) is 21.6. The molecule has 0 aliphatic heterocycles. The quantitative estimate of drug-likeness (QED) is 0.703. The van der Waals surface area contributed by atoms with Crippen molar-refractivity contribution in [1.29, 1.82) is 0 Å². The van der Waals surface area contributed by atoms with Crippen molar-refractivity contribution in [3.05, 3.63) is 30.9 Å². The van der Waals surface area contributed by atoms with E-state index >= 15 is 0 Å². The highest BCUT2D eigenvalue weighted by Crippen LogP contribution is 2.00. The standard InChI is InChI=1S/C7H5N5O2/c13-7(14)6-10-4-12(11-6)5-1-8-3-9-2-5/h1-4H,(H,13,14). The van der Waals surface area contributed by atoms with Crippen molar-refractivity contribution in [1.82, 2.24) is 24.7 Å². The number of carboxylic acids is 1. The van der Waals surface area contributed by atoms with Gasteiger partial charge >= 0.3 is 5.97 Å². The molecule has 0 aromatic carbocycles. The van der Waals surface area contributed by atoms with Gasteiger partial charge in [-0.1, -0.05) is 0 Å². The van der Waals surface area contributed by atoms with Crippen LogP contribution in [0.25, 0.3) is 5.69 Å². The molecule has 0 fully saturated rings. The van der Waals surface area contributed by atoms with Crippen LogP contribution in [0, 0.1) is 0 Å². The Bertz CT molecular complexity index is 452. The predicted molar refractivity (Wildman–Crippen MR) is 43.9 cm³/mol. The summed E-state index contributed by atoms with van der Waals surface area (Å²) in [5.41, 5.74) is 0.563. The van der Waals surface area contributed by atoms with Crippen LogP contribution in [0.5, 0.6) is 0 Å². The van der Waals surface area contributed by atoms with Crippen molar-refractivity contribution in [3.63, 3.8) is 0 Å². The zero-order valence-electron chi connectivity index (χ0n) is 6.90. The fourth-order valence-electron chi connectivity index (χ4n) is 0.895. The number of carbonyl (C=O) groups is 1. The normalized spacial score (nSPS) is 10.0. The Morgan fingerprint density at radius 3 is 2.64 bits per heavy atom. The van der Waals surface area contributed by atoms with Crippen molar-refractivity contribution >= 4 is 5.97 Å². The number of carboxylic acid groups (broad SMARTS) is 1. The van der Waals surface area contributed by atoms with Crippen LogP contribution in [0.1, 0.15) is 10.6 Å². The lowest BCUT2D eigenvalue weighted by atomic mass is 10.5. The molecule has 2 heterocycles. The molecule has 0 bridgehead atoms. The molecule has 70 valence electrons. The lowest BCUT2D eigenvalue weighted by molar-refractivity contribution is 0.0683. The molecule has 0 atom stereocenters. The Morgan fingerprint density at radius 1 is 1.36 bits per heavy atom. The van der Waals surface area contributed by atoms with Gasteiger partial charge < -0.3 is 5.11 Å². The second-order valence-corrected chi connectivity index (χ2v) is 2.41. The number of aromatic nitrogens is 5. The predicted octanol–water partition coefficient (Wildman–Crippen LogP) is -0.244. The Kier molecular flexibility index (Phi) is 1.90. The van der Waals surface area contributed by atoms with Crippen LogP contribution in [0.4, 0.5) is 0 Å². The molecule has 7 nitrogen and oxygen atoms in total. The Balaban J connectivity index is 2.39. The van der Waals surface area contributed by atoms with Gasteiger partial charge in [-0.25, -0.2) is 24.4 Å². The molecule has 0 aliphatic carbocycles. The zero-order chi connectivity index (χ0) is 9.97. The van der Waals surface area contributed by atoms with E-state index in [2.05, 4.69) is 20.1 Å². The highest BCUT2D eigenvalue weighted by atomic mass is 16.4. The Morgan fingerprint density at radius 2 is 2.07 bits per heavy atom. The summed E-state index contributed by atoms with van der Waals surface area (Å²) in [7, 11) is 0. The SMILES string of the molecule is O=C(O)c1ncn(-c2cncnc2)n1. The van der Waals surface area contributed by atoms with Gasteiger partial charge in [-0.05, 0) is 0 Å². The molecule has 14 heavy (non-hydrogen) atoms. The summed E-state index contributed by atoms with van der Waals surface area (Å²) in [5, 5.41) is 12.3. The van der Waals surface area contributed by atoms with Crippen LogP contribution in [0.3, 0.4) is 0 Å². The van der Waals surface area contributed by atoms with Crippen molar-refractivity contribution < 1.29 is 9.90 Å². The lowest BCUT2D eigenvalue weighted by Crippen LogP contribution is -2.02. The van der Waals surface area contributed by atoms with Gasteiger partial charge in [0.1, 0.15) is 18.3 Å². The third kappa shape index (κ3) is 1.42. The molecule has 2 aromatic rings. The molecule has 0 radical (unpaired) electrons. The minimum absolute atomic E-state index is 0.256. The average molecular weight is 191 g/mol. The van der Waals surface area contributed by atoms with E-state index in [4.69, 9.17) is 5.11 Å². The van der Waals surface area contributed by atoms with Gasteiger partial charge in [0.15, 0.2) is 0 Å². The molecule has 0 saturated heterocycles. The van der Waals surface area contributed by atoms with E-state index in [0.29, 0.717) is 5.69 Å². The second kappa shape index (κ2) is 3.21. The molecule has 7 heteroatoms. The highest BCUT2D eigenvalue weighted by molar-refractivity contribution is 5.82. The summed E-state index contributed by atoms with van der Waals surface area (Å²) in [6.45, 7) is 0. The number of hydrogen-bond acceptors (Lipinski definition) is 5. The fourth-order valence-corrected chi connectivity index (χ4v) is 0.895. The first kappa shape index (κ1) is 8.30. The summed E-state index contributed by atoms with van der Waals surface area (Å²) in [5.74, 6) is -1.42. The van der Waals surface area contributed by atoms with E-state index < -0.39 is 5.97 Å². The van der Waals surface area contributed by atoms with Crippen molar-refractivity contribution in [3.8, 4) is 5.69 Å². The molecular weight excluding hydrogens is 186 g/mol. The van der Waals surface area contributed by atoms with Crippen molar-refractivity contribution in [2.24, 2.45) is 0 Å². The molecule has 0 unspecified atom stereocenters. The van der Waals surface area contributed by atoms with E-state index in [9.17, 15) is 4.79 Å². The fraction of sp³-hybridized carbons (Fsp3) is 0. The molecular formula is C7H5N5O2. The average Bonchev–Trinajstić information content (AvgIpc) is 2.68. The molecule has 2 aromatic heterocycles. The smallest absolute Gasteiger partial charge is 0.375 e. The van der Waals surface area contributed by atoms with Gasteiger partial charge in [0.25, 0.3) is 5.82 Å². The molecule has 0 saturated carbocycles. The van der Waals surface area contributed by atoms with Crippen LogP contribution in [0.2, 0.25) is 0 Å². The molecule has 0 spiro atoms. The third-order valence-corrected chi connectivity index (χ3v) is 1.49. The maximum Gasteiger partial charge on any atom is 0.375 e. The molecule has 1 N–H and O–H groups in total. The van der Waals surface area contributed by atoms with Crippen molar-refractivity contribution in [2.45, 2.75) is 0 Å². The largest absolute Gasteiger partial charge is 0.475 e. The monoisotopic (exact) mass is 191 g/mol.